The summed E-state index contributed by atoms with van der Waals surface area (Å²) in [5, 5.41) is 2.97. The first-order valence-corrected chi connectivity index (χ1v) is 6.77. The van der Waals surface area contributed by atoms with E-state index in [9.17, 15) is 4.79 Å². The maximum absolute atomic E-state index is 11.9. The fraction of sp³-hybridized carbons (Fsp3) is 0.923. The Morgan fingerprint density at radius 3 is 2.59 bits per heavy atom. The number of rotatable bonds is 6. The van der Waals surface area contributed by atoms with Gasteiger partial charge in [0.15, 0.2) is 0 Å². The van der Waals surface area contributed by atoms with Crippen molar-refractivity contribution in [3.05, 3.63) is 0 Å². The van der Waals surface area contributed by atoms with Gasteiger partial charge in [-0.2, -0.15) is 0 Å². The summed E-state index contributed by atoms with van der Waals surface area (Å²) >= 11 is 0. The van der Waals surface area contributed by atoms with Crippen LogP contribution < -0.4 is 11.1 Å². The van der Waals surface area contributed by atoms with Gasteiger partial charge >= 0.3 is 0 Å². The minimum absolute atomic E-state index is 0.0348. The fourth-order valence-corrected chi connectivity index (χ4v) is 2.29. The van der Waals surface area contributed by atoms with Crippen molar-refractivity contribution >= 4 is 5.91 Å². The molecule has 100 valence electrons. The Morgan fingerprint density at radius 1 is 1.47 bits per heavy atom. The molecule has 0 bridgehead atoms. The van der Waals surface area contributed by atoms with Crippen LogP contribution in [0.15, 0.2) is 0 Å². The van der Waals surface area contributed by atoms with Crippen LogP contribution in [-0.4, -0.2) is 42.5 Å². The summed E-state index contributed by atoms with van der Waals surface area (Å²) < 4.78 is 0. The number of carbonyl (C=O) groups excluding carboxylic acids is 1. The van der Waals surface area contributed by atoms with Crippen molar-refractivity contribution in [1.82, 2.24) is 10.2 Å². The SMILES string of the molecule is CCC(C)N(C)CCNC(=O)C1(N)CCCC1. The van der Waals surface area contributed by atoms with E-state index >= 15 is 0 Å². The van der Waals surface area contributed by atoms with Gasteiger partial charge in [-0.25, -0.2) is 0 Å². The van der Waals surface area contributed by atoms with Crippen molar-refractivity contribution < 1.29 is 4.79 Å². The number of nitrogens with two attached hydrogens (primary N) is 1. The smallest absolute Gasteiger partial charge is 0.240 e. The molecule has 0 aliphatic heterocycles. The first kappa shape index (κ1) is 14.5. The maximum atomic E-state index is 11.9. The molecule has 0 heterocycles. The first-order chi connectivity index (χ1) is 7.99. The second-order valence-electron chi connectivity index (χ2n) is 5.36. The normalized spacial score (nSPS) is 20.5. The van der Waals surface area contributed by atoms with E-state index in [0.717, 1.165) is 38.6 Å². The number of nitrogens with zero attached hydrogens (tertiary/aromatic N) is 1. The molecule has 1 unspecified atom stereocenters. The van der Waals surface area contributed by atoms with Crippen LogP contribution in [0, 0.1) is 0 Å². The third-order valence-electron chi connectivity index (χ3n) is 4.04. The molecule has 1 saturated carbocycles. The minimum Gasteiger partial charge on any atom is -0.353 e. The van der Waals surface area contributed by atoms with Gasteiger partial charge < -0.3 is 16.0 Å². The van der Waals surface area contributed by atoms with E-state index < -0.39 is 5.54 Å². The van der Waals surface area contributed by atoms with Gasteiger partial charge in [0.25, 0.3) is 0 Å². The zero-order valence-corrected chi connectivity index (χ0v) is 11.5. The van der Waals surface area contributed by atoms with Crippen LogP contribution in [0.3, 0.4) is 0 Å². The van der Waals surface area contributed by atoms with Crippen LogP contribution in [-0.2, 0) is 4.79 Å². The molecule has 3 N–H and O–H groups in total. The van der Waals surface area contributed by atoms with Crippen molar-refractivity contribution in [2.24, 2.45) is 5.73 Å². The van der Waals surface area contributed by atoms with E-state index in [4.69, 9.17) is 5.73 Å². The molecule has 1 aliphatic rings. The standard InChI is InChI=1S/C13H27N3O/c1-4-11(2)16(3)10-9-15-12(17)13(14)7-5-6-8-13/h11H,4-10,14H2,1-3H3,(H,15,17). The first-order valence-electron chi connectivity index (χ1n) is 6.77. The lowest BCUT2D eigenvalue weighted by Gasteiger charge is -2.26. The number of nitrogens with one attached hydrogen (secondary N) is 1. The van der Waals surface area contributed by atoms with Gasteiger partial charge in [0, 0.05) is 19.1 Å². The highest BCUT2D eigenvalue weighted by atomic mass is 16.2. The second kappa shape index (κ2) is 6.36. The van der Waals surface area contributed by atoms with Crippen molar-refractivity contribution in [2.45, 2.75) is 57.5 Å². The Balaban J connectivity index is 2.24. The summed E-state index contributed by atoms with van der Waals surface area (Å²) in [5.41, 5.74) is 5.49. The molecule has 0 saturated heterocycles. The Kier molecular flexibility index (Phi) is 5.40. The van der Waals surface area contributed by atoms with E-state index in [1.54, 1.807) is 0 Å². The monoisotopic (exact) mass is 241 g/mol. The average Bonchev–Trinajstić information content (AvgIpc) is 2.76. The fourth-order valence-electron chi connectivity index (χ4n) is 2.29. The summed E-state index contributed by atoms with van der Waals surface area (Å²) in [7, 11) is 2.09. The summed E-state index contributed by atoms with van der Waals surface area (Å²) in [6.45, 7) is 5.95. The van der Waals surface area contributed by atoms with Crippen LogP contribution >= 0.6 is 0 Å². The van der Waals surface area contributed by atoms with Crippen LogP contribution in [0.25, 0.3) is 0 Å². The summed E-state index contributed by atoms with van der Waals surface area (Å²) in [6, 6.07) is 0.560. The summed E-state index contributed by atoms with van der Waals surface area (Å²) in [4.78, 5) is 14.2. The molecule has 17 heavy (non-hydrogen) atoms. The van der Waals surface area contributed by atoms with Gasteiger partial charge in [-0.15, -0.1) is 0 Å². The van der Waals surface area contributed by atoms with E-state index in [2.05, 4.69) is 31.1 Å². The zero-order valence-electron chi connectivity index (χ0n) is 11.5. The Morgan fingerprint density at radius 2 is 2.06 bits per heavy atom. The molecular weight excluding hydrogens is 214 g/mol. The Bertz CT molecular complexity index is 249. The van der Waals surface area contributed by atoms with Gasteiger partial charge in [-0.05, 0) is 33.2 Å². The Labute approximate surface area is 105 Å². The van der Waals surface area contributed by atoms with Gasteiger partial charge in [0.2, 0.25) is 5.91 Å². The number of carbonyl (C=O) groups is 1. The zero-order chi connectivity index (χ0) is 12.9. The predicted octanol–water partition coefficient (Wildman–Crippen LogP) is 1.10. The van der Waals surface area contributed by atoms with E-state index in [1.165, 1.54) is 0 Å². The lowest BCUT2D eigenvalue weighted by Crippen LogP contribution is -2.53. The van der Waals surface area contributed by atoms with Crippen molar-refractivity contribution in [2.75, 3.05) is 20.1 Å². The van der Waals surface area contributed by atoms with Gasteiger partial charge in [0.1, 0.15) is 0 Å². The summed E-state index contributed by atoms with van der Waals surface area (Å²) in [6.07, 6.45) is 4.96. The molecule has 1 atom stereocenters. The molecule has 1 amide bonds. The third-order valence-corrected chi connectivity index (χ3v) is 4.04. The quantitative estimate of drug-likeness (QED) is 0.732. The number of hydrogen-bond donors (Lipinski definition) is 2. The van der Waals surface area contributed by atoms with Crippen LogP contribution in [0.4, 0.5) is 0 Å². The minimum atomic E-state index is -0.588. The molecule has 4 nitrogen and oxygen atoms in total. The Hall–Kier alpha value is -0.610. The highest BCUT2D eigenvalue weighted by Gasteiger charge is 2.36. The molecular formula is C13H27N3O. The number of amides is 1. The number of hydrogen-bond acceptors (Lipinski definition) is 3. The van der Waals surface area contributed by atoms with Crippen molar-refractivity contribution in [1.29, 1.82) is 0 Å². The van der Waals surface area contributed by atoms with Crippen LogP contribution in [0.1, 0.15) is 46.0 Å². The molecule has 0 spiro atoms. The molecule has 4 heteroatoms. The molecule has 1 rings (SSSR count). The van der Waals surface area contributed by atoms with Crippen molar-refractivity contribution in [3.63, 3.8) is 0 Å². The molecule has 0 aromatic heterocycles. The topological polar surface area (TPSA) is 58.4 Å². The number of likely N-dealkylation sites (N-methyl/N-ethyl adjacent to an activating group) is 1. The predicted molar refractivity (Wildman–Crippen MR) is 70.8 cm³/mol. The van der Waals surface area contributed by atoms with Crippen LogP contribution in [0.5, 0.6) is 0 Å². The molecule has 1 aliphatic carbocycles. The maximum Gasteiger partial charge on any atom is 0.240 e. The van der Waals surface area contributed by atoms with Gasteiger partial charge in [-0.1, -0.05) is 19.8 Å². The highest BCUT2D eigenvalue weighted by molar-refractivity contribution is 5.86. The third kappa shape index (κ3) is 3.96. The van der Waals surface area contributed by atoms with Gasteiger partial charge in [0.05, 0.1) is 5.54 Å². The lowest BCUT2D eigenvalue weighted by atomic mass is 9.98. The van der Waals surface area contributed by atoms with E-state index in [0.29, 0.717) is 12.6 Å². The molecule has 0 radical (unpaired) electrons. The highest BCUT2D eigenvalue weighted by Crippen LogP contribution is 2.26. The largest absolute Gasteiger partial charge is 0.353 e. The average molecular weight is 241 g/mol. The van der Waals surface area contributed by atoms with Crippen molar-refractivity contribution in [3.8, 4) is 0 Å². The van der Waals surface area contributed by atoms with Crippen LogP contribution in [0.2, 0.25) is 0 Å². The van der Waals surface area contributed by atoms with E-state index in [1.807, 2.05) is 0 Å². The molecule has 0 aromatic rings. The second-order valence-corrected chi connectivity index (χ2v) is 5.36. The van der Waals surface area contributed by atoms with Gasteiger partial charge in [-0.3, -0.25) is 4.79 Å². The summed E-state index contributed by atoms with van der Waals surface area (Å²) in [5.74, 6) is 0.0348. The lowest BCUT2D eigenvalue weighted by molar-refractivity contribution is -0.126. The molecule has 1 fully saturated rings. The van der Waals surface area contributed by atoms with E-state index in [-0.39, 0.29) is 5.91 Å². The molecule has 0 aromatic carbocycles.